The van der Waals surface area contributed by atoms with Crippen molar-refractivity contribution in [2.75, 3.05) is 0 Å². The third-order valence-electron chi connectivity index (χ3n) is 4.29. The number of benzene rings is 2. The van der Waals surface area contributed by atoms with E-state index in [2.05, 4.69) is 0 Å². The fourth-order valence-electron chi connectivity index (χ4n) is 2.85. The van der Waals surface area contributed by atoms with Crippen LogP contribution in [0.2, 0.25) is 5.02 Å². The number of rotatable bonds is 4. The molecule has 1 aliphatic rings. The van der Waals surface area contributed by atoms with Gasteiger partial charge >= 0.3 is 0 Å². The summed E-state index contributed by atoms with van der Waals surface area (Å²) in [6.45, 7) is 1.79. The van der Waals surface area contributed by atoms with E-state index in [1.165, 1.54) is 17.4 Å². The molecule has 4 rings (SSSR count). The normalized spacial score (nSPS) is 14.3. The monoisotopic (exact) mass is 400 g/mol. The first kappa shape index (κ1) is 17.8. The van der Waals surface area contributed by atoms with E-state index >= 15 is 0 Å². The van der Waals surface area contributed by atoms with Gasteiger partial charge in [-0.05, 0) is 42.6 Å². The molecule has 0 N–H and O–H groups in total. The number of ether oxygens (including phenoxy) is 2. The number of hydrogen-bond donors (Lipinski definition) is 0. The van der Waals surface area contributed by atoms with Crippen molar-refractivity contribution in [2.24, 2.45) is 0 Å². The van der Waals surface area contributed by atoms with Gasteiger partial charge in [0.25, 0.3) is 0 Å². The number of hydrogen-bond acceptors (Lipinski definition) is 4. The minimum absolute atomic E-state index is 0.0169. The Labute approximate surface area is 164 Å². The summed E-state index contributed by atoms with van der Waals surface area (Å²) in [7, 11) is 0. The number of thiophene rings is 1. The third-order valence-corrected chi connectivity index (χ3v) is 5.46. The predicted octanol–water partition coefficient (Wildman–Crippen LogP) is 6.04. The average Bonchev–Trinajstić information content (AvgIpc) is 3.26. The first-order valence-electron chi connectivity index (χ1n) is 8.21. The smallest absolute Gasteiger partial charge is 0.232 e. The number of Topliss-reactive ketones (excluding diaryl/α,β-unsaturated/α-hetero) is 1. The first-order valence-corrected chi connectivity index (χ1v) is 9.47. The summed E-state index contributed by atoms with van der Waals surface area (Å²) in [5.41, 5.74) is 1.46. The summed E-state index contributed by atoms with van der Waals surface area (Å²) >= 11 is 7.56. The highest BCUT2D eigenvalue weighted by Gasteiger charge is 2.30. The highest BCUT2D eigenvalue weighted by atomic mass is 35.5. The lowest BCUT2D eigenvalue weighted by molar-refractivity contribution is 0.101. The summed E-state index contributed by atoms with van der Waals surface area (Å²) in [6.07, 6.45) is 1.73. The molecule has 0 saturated heterocycles. The van der Waals surface area contributed by atoms with Gasteiger partial charge in [0.2, 0.25) is 5.78 Å². The zero-order valence-corrected chi connectivity index (χ0v) is 15.9. The van der Waals surface area contributed by atoms with Crippen LogP contribution in [0.5, 0.6) is 11.5 Å². The summed E-state index contributed by atoms with van der Waals surface area (Å²) in [5, 5.41) is 2.24. The summed E-state index contributed by atoms with van der Waals surface area (Å²) < 4.78 is 25.5. The van der Waals surface area contributed by atoms with E-state index in [9.17, 15) is 9.18 Å². The molecule has 0 bridgehead atoms. The molecule has 6 heteroatoms. The van der Waals surface area contributed by atoms with Gasteiger partial charge in [0.1, 0.15) is 23.9 Å². The molecule has 0 aliphatic carbocycles. The van der Waals surface area contributed by atoms with Gasteiger partial charge in [-0.1, -0.05) is 23.7 Å². The van der Waals surface area contributed by atoms with Crippen LogP contribution >= 0.6 is 22.9 Å². The van der Waals surface area contributed by atoms with Crippen LogP contribution in [-0.4, -0.2) is 5.78 Å². The van der Waals surface area contributed by atoms with Crippen molar-refractivity contribution < 1.29 is 18.7 Å². The van der Waals surface area contributed by atoms with E-state index in [1.54, 1.807) is 37.3 Å². The van der Waals surface area contributed by atoms with Gasteiger partial charge in [0.15, 0.2) is 5.76 Å². The van der Waals surface area contributed by atoms with E-state index in [0.29, 0.717) is 27.6 Å². The fraction of sp³-hybridized carbons (Fsp3) is 0.0952. The maximum absolute atomic E-state index is 13.9. The molecule has 2 heterocycles. The second-order valence-electron chi connectivity index (χ2n) is 6.01. The second kappa shape index (κ2) is 7.18. The molecule has 1 aromatic heterocycles. The molecule has 0 radical (unpaired) electrons. The minimum atomic E-state index is -0.422. The summed E-state index contributed by atoms with van der Waals surface area (Å²) in [5.74, 6) is 0.683. The second-order valence-corrected chi connectivity index (χ2v) is 7.40. The zero-order valence-electron chi connectivity index (χ0n) is 14.3. The van der Waals surface area contributed by atoms with E-state index in [1.807, 2.05) is 17.5 Å². The van der Waals surface area contributed by atoms with Crippen LogP contribution < -0.4 is 9.47 Å². The number of fused-ring (bicyclic) bond motifs is 1. The van der Waals surface area contributed by atoms with Crippen LogP contribution in [0.1, 0.15) is 26.4 Å². The lowest BCUT2D eigenvalue weighted by Crippen LogP contribution is -2.01. The number of carbonyl (C=O) groups is 1. The van der Waals surface area contributed by atoms with Crippen LogP contribution in [0.3, 0.4) is 0 Å². The molecule has 0 saturated carbocycles. The number of ketones is 1. The Kier molecular flexibility index (Phi) is 4.72. The van der Waals surface area contributed by atoms with Crippen molar-refractivity contribution in [3.8, 4) is 11.5 Å². The molecular formula is C21H14ClFO3S. The first-order chi connectivity index (χ1) is 13.0. The molecule has 0 unspecified atom stereocenters. The molecule has 3 aromatic rings. The van der Waals surface area contributed by atoms with Crippen molar-refractivity contribution in [1.29, 1.82) is 0 Å². The van der Waals surface area contributed by atoms with E-state index in [4.69, 9.17) is 21.1 Å². The van der Waals surface area contributed by atoms with Crippen molar-refractivity contribution >= 4 is 34.8 Å². The highest BCUT2D eigenvalue weighted by molar-refractivity contribution is 7.10. The Bertz CT molecular complexity index is 1040. The maximum atomic E-state index is 13.9. The van der Waals surface area contributed by atoms with Crippen LogP contribution in [0.15, 0.2) is 53.6 Å². The molecule has 27 heavy (non-hydrogen) atoms. The lowest BCUT2D eigenvalue weighted by atomic mass is 10.1. The molecule has 0 spiro atoms. The van der Waals surface area contributed by atoms with Crippen LogP contribution in [0, 0.1) is 12.7 Å². The molecule has 2 aromatic carbocycles. The van der Waals surface area contributed by atoms with Gasteiger partial charge in [-0.3, -0.25) is 4.79 Å². The fourth-order valence-corrected chi connectivity index (χ4v) is 3.71. The minimum Gasteiger partial charge on any atom is -0.488 e. The molecule has 0 fully saturated rings. The molecular weight excluding hydrogens is 387 g/mol. The SMILES string of the molecule is Cc1c(OCc2c(F)cccc2Cl)ccc2c1O/C(=C\c1cccs1)C2=O. The number of carbonyl (C=O) groups excluding carboxylic acids is 1. The number of allylic oxidation sites excluding steroid dienone is 1. The van der Waals surface area contributed by atoms with Gasteiger partial charge in [-0.15, -0.1) is 11.3 Å². The predicted molar refractivity (Wildman–Crippen MR) is 104 cm³/mol. The van der Waals surface area contributed by atoms with E-state index < -0.39 is 5.82 Å². The Balaban J connectivity index is 1.60. The Morgan fingerprint density at radius 1 is 1.22 bits per heavy atom. The lowest BCUT2D eigenvalue weighted by Gasteiger charge is -2.12. The maximum Gasteiger partial charge on any atom is 0.232 e. The zero-order chi connectivity index (χ0) is 19.0. The van der Waals surface area contributed by atoms with Gasteiger partial charge in [-0.25, -0.2) is 4.39 Å². The molecule has 1 aliphatic heterocycles. The molecule has 0 amide bonds. The van der Waals surface area contributed by atoms with Gasteiger partial charge in [0, 0.05) is 22.1 Å². The van der Waals surface area contributed by atoms with Crippen LogP contribution in [0.4, 0.5) is 4.39 Å². The van der Waals surface area contributed by atoms with Crippen LogP contribution in [0.25, 0.3) is 6.08 Å². The largest absolute Gasteiger partial charge is 0.488 e. The quantitative estimate of drug-likeness (QED) is 0.500. The van der Waals surface area contributed by atoms with Crippen molar-refractivity contribution in [3.05, 3.63) is 86.0 Å². The van der Waals surface area contributed by atoms with Gasteiger partial charge in [0.05, 0.1) is 10.6 Å². The topological polar surface area (TPSA) is 35.5 Å². The van der Waals surface area contributed by atoms with E-state index in [0.717, 1.165) is 4.88 Å². The molecule has 136 valence electrons. The Morgan fingerprint density at radius 2 is 2.07 bits per heavy atom. The van der Waals surface area contributed by atoms with Crippen molar-refractivity contribution in [2.45, 2.75) is 13.5 Å². The third kappa shape index (κ3) is 3.36. The average molecular weight is 401 g/mol. The summed E-state index contributed by atoms with van der Waals surface area (Å²) in [6, 6.07) is 11.7. The summed E-state index contributed by atoms with van der Waals surface area (Å²) in [4.78, 5) is 13.5. The standard InChI is InChI=1S/C21H14ClFO3S/c1-12-18(25-11-15-16(22)5-2-6-17(15)23)8-7-14-20(24)19(26-21(12)14)10-13-4-3-9-27-13/h2-10H,11H2,1H3/b19-10-. The van der Waals surface area contributed by atoms with Crippen LogP contribution in [-0.2, 0) is 6.61 Å². The van der Waals surface area contributed by atoms with Crippen molar-refractivity contribution in [1.82, 2.24) is 0 Å². The van der Waals surface area contributed by atoms with Crippen molar-refractivity contribution in [3.63, 3.8) is 0 Å². The van der Waals surface area contributed by atoms with E-state index in [-0.39, 0.29) is 23.7 Å². The van der Waals surface area contributed by atoms with Gasteiger partial charge in [-0.2, -0.15) is 0 Å². The molecule has 3 nitrogen and oxygen atoms in total. The molecule has 0 atom stereocenters. The number of halogens is 2. The highest BCUT2D eigenvalue weighted by Crippen LogP contribution is 2.39. The Hall–Kier alpha value is -2.63. The Morgan fingerprint density at radius 3 is 2.81 bits per heavy atom. The van der Waals surface area contributed by atoms with Gasteiger partial charge < -0.3 is 9.47 Å².